The molecule has 0 saturated carbocycles. The van der Waals surface area contributed by atoms with Gasteiger partial charge in [0.05, 0.1) is 11.1 Å². The number of nitrogens with two attached hydrogens (primary N) is 1. The summed E-state index contributed by atoms with van der Waals surface area (Å²) in [6.07, 6.45) is 0. The molecule has 0 fully saturated rings. The molecule has 0 bridgehead atoms. The van der Waals surface area contributed by atoms with Crippen LogP contribution in [0.3, 0.4) is 0 Å². The predicted molar refractivity (Wildman–Crippen MR) is 75.2 cm³/mol. The van der Waals surface area contributed by atoms with E-state index in [1.54, 1.807) is 6.92 Å². The molecule has 0 saturated heterocycles. The van der Waals surface area contributed by atoms with Gasteiger partial charge in [-0.25, -0.2) is 9.18 Å². The lowest BCUT2D eigenvalue weighted by molar-refractivity contribution is -0.123. The molecule has 1 rings (SSSR count). The van der Waals surface area contributed by atoms with E-state index < -0.39 is 29.8 Å². The van der Waals surface area contributed by atoms with Crippen molar-refractivity contribution in [1.82, 2.24) is 10.6 Å². The number of rotatable bonds is 4. The standard InChI is InChI=1S/C12H14Cl2FN3O2/c1-5(17-11(19)6(2)18-12(16)20)7-3-10(15)9(14)4-8(7)13/h3-6H,1-2H3,(H,17,19)(H3,16,18,20). The van der Waals surface area contributed by atoms with E-state index in [2.05, 4.69) is 10.6 Å². The first kappa shape index (κ1) is 16.5. The van der Waals surface area contributed by atoms with Crippen LogP contribution in [0.5, 0.6) is 0 Å². The Morgan fingerprint density at radius 2 is 1.80 bits per heavy atom. The van der Waals surface area contributed by atoms with E-state index in [1.165, 1.54) is 13.0 Å². The zero-order chi connectivity index (χ0) is 15.4. The van der Waals surface area contributed by atoms with Gasteiger partial charge in [-0.15, -0.1) is 0 Å². The maximum atomic E-state index is 13.4. The summed E-state index contributed by atoms with van der Waals surface area (Å²) in [6, 6.07) is 0.240. The molecule has 1 aromatic carbocycles. The van der Waals surface area contributed by atoms with Crippen LogP contribution in [-0.4, -0.2) is 18.0 Å². The second-order valence-corrected chi connectivity index (χ2v) is 5.06. The molecule has 0 spiro atoms. The van der Waals surface area contributed by atoms with E-state index in [0.717, 1.165) is 6.07 Å². The number of halogens is 3. The fourth-order valence-corrected chi connectivity index (χ4v) is 2.11. The average Bonchev–Trinajstić information content (AvgIpc) is 2.32. The van der Waals surface area contributed by atoms with E-state index in [0.29, 0.717) is 5.56 Å². The van der Waals surface area contributed by atoms with Crippen molar-refractivity contribution >= 4 is 35.1 Å². The number of benzene rings is 1. The first-order chi connectivity index (χ1) is 9.22. The summed E-state index contributed by atoms with van der Waals surface area (Å²) >= 11 is 11.5. The third-order valence-electron chi connectivity index (χ3n) is 2.62. The molecule has 20 heavy (non-hydrogen) atoms. The van der Waals surface area contributed by atoms with Gasteiger partial charge in [-0.2, -0.15) is 0 Å². The van der Waals surface area contributed by atoms with Crippen molar-refractivity contribution in [3.05, 3.63) is 33.6 Å². The molecule has 2 atom stereocenters. The minimum Gasteiger partial charge on any atom is -0.352 e. The highest BCUT2D eigenvalue weighted by atomic mass is 35.5. The van der Waals surface area contributed by atoms with Crippen molar-refractivity contribution in [1.29, 1.82) is 0 Å². The maximum Gasteiger partial charge on any atom is 0.312 e. The fourth-order valence-electron chi connectivity index (χ4n) is 1.56. The van der Waals surface area contributed by atoms with Gasteiger partial charge in [0.1, 0.15) is 11.9 Å². The van der Waals surface area contributed by atoms with E-state index in [-0.39, 0.29) is 10.0 Å². The third kappa shape index (κ3) is 4.25. The topological polar surface area (TPSA) is 84.2 Å². The van der Waals surface area contributed by atoms with Gasteiger partial charge in [-0.3, -0.25) is 4.79 Å². The van der Waals surface area contributed by atoms with Crippen LogP contribution in [-0.2, 0) is 4.79 Å². The lowest BCUT2D eigenvalue weighted by Gasteiger charge is -2.19. The summed E-state index contributed by atoms with van der Waals surface area (Å²) in [5.74, 6) is -1.10. The number of urea groups is 1. The van der Waals surface area contributed by atoms with E-state index in [4.69, 9.17) is 28.9 Å². The molecule has 4 N–H and O–H groups in total. The highest BCUT2D eigenvalue weighted by Crippen LogP contribution is 2.28. The van der Waals surface area contributed by atoms with Crippen molar-refractivity contribution in [2.75, 3.05) is 0 Å². The average molecular weight is 322 g/mol. The maximum absolute atomic E-state index is 13.4. The molecule has 3 amide bonds. The van der Waals surface area contributed by atoms with Gasteiger partial charge in [0.25, 0.3) is 0 Å². The van der Waals surface area contributed by atoms with Crippen LogP contribution >= 0.6 is 23.2 Å². The number of carbonyl (C=O) groups excluding carboxylic acids is 2. The van der Waals surface area contributed by atoms with Gasteiger partial charge in [0, 0.05) is 5.02 Å². The first-order valence-corrected chi connectivity index (χ1v) is 6.48. The molecule has 0 aliphatic carbocycles. The normalized spacial score (nSPS) is 13.4. The highest BCUT2D eigenvalue weighted by Gasteiger charge is 2.19. The second-order valence-electron chi connectivity index (χ2n) is 4.25. The molecule has 5 nitrogen and oxygen atoms in total. The monoisotopic (exact) mass is 321 g/mol. The molecule has 1 aromatic rings. The number of primary amides is 1. The first-order valence-electron chi connectivity index (χ1n) is 5.73. The fraction of sp³-hybridized carbons (Fsp3) is 0.333. The SMILES string of the molecule is CC(NC(N)=O)C(=O)NC(C)c1cc(F)c(Cl)cc1Cl. The molecule has 0 heterocycles. The van der Waals surface area contributed by atoms with E-state index in [1.807, 2.05) is 0 Å². The Bertz CT molecular complexity index is 540. The summed E-state index contributed by atoms with van der Waals surface area (Å²) in [5.41, 5.74) is 5.30. The van der Waals surface area contributed by atoms with Crippen molar-refractivity contribution in [3.63, 3.8) is 0 Å². The molecule has 0 aromatic heterocycles. The third-order valence-corrected chi connectivity index (χ3v) is 3.23. The Morgan fingerprint density at radius 3 is 2.35 bits per heavy atom. The Morgan fingerprint density at radius 1 is 1.20 bits per heavy atom. The van der Waals surface area contributed by atoms with Gasteiger partial charge in [0.2, 0.25) is 5.91 Å². The van der Waals surface area contributed by atoms with Crippen LogP contribution in [0.1, 0.15) is 25.5 Å². The largest absolute Gasteiger partial charge is 0.352 e. The molecule has 0 aliphatic rings. The molecule has 0 radical (unpaired) electrons. The van der Waals surface area contributed by atoms with Crippen LogP contribution < -0.4 is 16.4 Å². The number of carbonyl (C=O) groups is 2. The van der Waals surface area contributed by atoms with E-state index >= 15 is 0 Å². The quantitative estimate of drug-likeness (QED) is 0.744. The molecule has 0 aliphatic heterocycles. The van der Waals surface area contributed by atoms with Crippen LogP contribution in [0.15, 0.2) is 12.1 Å². The van der Waals surface area contributed by atoms with Crippen molar-refractivity contribution in [3.8, 4) is 0 Å². The molecular weight excluding hydrogens is 308 g/mol. The predicted octanol–water partition coefficient (Wildman–Crippen LogP) is 2.37. The molecular formula is C12H14Cl2FN3O2. The number of hydrogen-bond donors (Lipinski definition) is 3. The lowest BCUT2D eigenvalue weighted by Crippen LogP contribution is -2.47. The number of hydrogen-bond acceptors (Lipinski definition) is 2. The summed E-state index contributed by atoms with van der Waals surface area (Å²) in [4.78, 5) is 22.4. The highest BCUT2D eigenvalue weighted by molar-refractivity contribution is 6.35. The number of nitrogens with one attached hydrogen (secondary N) is 2. The van der Waals surface area contributed by atoms with Crippen LogP contribution in [0.2, 0.25) is 10.0 Å². The van der Waals surface area contributed by atoms with Gasteiger partial charge in [-0.05, 0) is 31.5 Å². The van der Waals surface area contributed by atoms with Gasteiger partial charge in [0.15, 0.2) is 0 Å². The number of amides is 3. The van der Waals surface area contributed by atoms with Gasteiger partial charge in [-0.1, -0.05) is 23.2 Å². The summed E-state index contributed by atoms with van der Waals surface area (Å²) in [7, 11) is 0. The Labute approximate surface area is 125 Å². The van der Waals surface area contributed by atoms with Gasteiger partial charge < -0.3 is 16.4 Å². The second kappa shape index (κ2) is 6.76. The van der Waals surface area contributed by atoms with Crippen LogP contribution in [0, 0.1) is 5.82 Å². The van der Waals surface area contributed by atoms with Crippen molar-refractivity contribution in [2.45, 2.75) is 25.9 Å². The minimum atomic E-state index is -0.814. The van der Waals surface area contributed by atoms with Crippen LogP contribution in [0.25, 0.3) is 0 Å². The Hall–Kier alpha value is -1.53. The summed E-state index contributed by atoms with van der Waals surface area (Å²) < 4.78 is 13.4. The summed E-state index contributed by atoms with van der Waals surface area (Å²) in [5, 5.41) is 4.96. The smallest absolute Gasteiger partial charge is 0.312 e. The zero-order valence-corrected chi connectivity index (χ0v) is 12.3. The summed E-state index contributed by atoms with van der Waals surface area (Å²) in [6.45, 7) is 3.10. The van der Waals surface area contributed by atoms with Crippen molar-refractivity contribution < 1.29 is 14.0 Å². The molecule has 110 valence electrons. The lowest BCUT2D eigenvalue weighted by atomic mass is 10.1. The van der Waals surface area contributed by atoms with Gasteiger partial charge >= 0.3 is 6.03 Å². The Balaban J connectivity index is 2.81. The zero-order valence-electron chi connectivity index (χ0n) is 10.8. The Kier molecular flexibility index (Phi) is 5.59. The minimum absolute atomic E-state index is 0.0963. The molecule has 2 unspecified atom stereocenters. The van der Waals surface area contributed by atoms with Crippen molar-refractivity contribution in [2.24, 2.45) is 5.73 Å². The van der Waals surface area contributed by atoms with E-state index in [9.17, 15) is 14.0 Å². The van der Waals surface area contributed by atoms with Crippen LogP contribution in [0.4, 0.5) is 9.18 Å². The molecule has 8 heteroatoms.